The number of hydrogen-bond acceptors (Lipinski definition) is 3. The third-order valence-electron chi connectivity index (χ3n) is 5.29. The van der Waals surface area contributed by atoms with Gasteiger partial charge in [-0.3, -0.25) is 4.79 Å². The molecule has 0 bridgehead atoms. The van der Waals surface area contributed by atoms with Crippen LogP contribution < -0.4 is 5.32 Å². The standard InChI is InChI=1S/C21H21Cl2F3N2O3S/c22-18-5-4-16(19(23)11-18)13-32(30,31)28-8-6-15(7-9-28)20(29)27-12-14-2-1-3-17(10-14)21(24,25)26/h1-5,10-11,15H,6-9,12-13H2,(H,27,29). The Kier molecular flexibility index (Phi) is 7.75. The van der Waals surface area contributed by atoms with E-state index in [-0.39, 0.29) is 36.3 Å². The Hall–Kier alpha value is -1.81. The summed E-state index contributed by atoms with van der Waals surface area (Å²) in [7, 11) is -3.63. The van der Waals surface area contributed by atoms with E-state index in [0.717, 1.165) is 12.1 Å². The maximum atomic E-state index is 12.8. The van der Waals surface area contributed by atoms with Crippen LogP contribution in [0.25, 0.3) is 0 Å². The number of nitrogens with zero attached hydrogens (tertiary/aromatic N) is 1. The smallest absolute Gasteiger partial charge is 0.352 e. The molecule has 1 aliphatic rings. The van der Waals surface area contributed by atoms with Gasteiger partial charge in [-0.15, -0.1) is 0 Å². The van der Waals surface area contributed by atoms with Gasteiger partial charge >= 0.3 is 6.18 Å². The number of hydrogen-bond donors (Lipinski definition) is 1. The minimum absolute atomic E-state index is 0.0314. The number of benzene rings is 2. The lowest BCUT2D eigenvalue weighted by Crippen LogP contribution is -2.43. The topological polar surface area (TPSA) is 66.5 Å². The quantitative estimate of drug-likeness (QED) is 0.605. The molecule has 1 saturated heterocycles. The van der Waals surface area contributed by atoms with Crippen molar-refractivity contribution in [1.29, 1.82) is 0 Å². The summed E-state index contributed by atoms with van der Waals surface area (Å²) in [5.74, 6) is -0.985. The summed E-state index contributed by atoms with van der Waals surface area (Å²) in [6, 6.07) is 9.38. The molecule has 174 valence electrons. The third-order valence-corrected chi connectivity index (χ3v) is 7.71. The molecule has 1 N–H and O–H groups in total. The number of halogens is 5. The van der Waals surface area contributed by atoms with Gasteiger partial charge < -0.3 is 5.32 Å². The molecule has 3 rings (SSSR count). The van der Waals surface area contributed by atoms with Crippen molar-refractivity contribution in [1.82, 2.24) is 9.62 Å². The summed E-state index contributed by atoms with van der Waals surface area (Å²) in [6.45, 7) is 0.320. The highest BCUT2D eigenvalue weighted by Gasteiger charge is 2.32. The molecule has 1 heterocycles. The summed E-state index contributed by atoms with van der Waals surface area (Å²) >= 11 is 11.9. The first-order chi connectivity index (χ1) is 15.0. The van der Waals surface area contributed by atoms with Crippen LogP contribution in [0.15, 0.2) is 42.5 Å². The monoisotopic (exact) mass is 508 g/mol. The van der Waals surface area contributed by atoms with E-state index in [1.165, 1.54) is 22.5 Å². The fraction of sp³-hybridized carbons (Fsp3) is 0.381. The molecule has 32 heavy (non-hydrogen) atoms. The van der Waals surface area contributed by atoms with Gasteiger partial charge in [0.25, 0.3) is 0 Å². The predicted molar refractivity (Wildman–Crippen MR) is 117 cm³/mol. The van der Waals surface area contributed by atoms with Crippen molar-refractivity contribution in [2.75, 3.05) is 13.1 Å². The summed E-state index contributed by atoms with van der Waals surface area (Å²) in [6.07, 6.45) is -3.81. The molecule has 2 aromatic carbocycles. The average molecular weight is 509 g/mol. The van der Waals surface area contributed by atoms with Crippen molar-refractivity contribution in [3.8, 4) is 0 Å². The van der Waals surface area contributed by atoms with Crippen LogP contribution in [0.3, 0.4) is 0 Å². The normalized spacial score (nSPS) is 16.2. The van der Waals surface area contributed by atoms with E-state index in [4.69, 9.17) is 23.2 Å². The van der Waals surface area contributed by atoms with Gasteiger partial charge in [0.1, 0.15) is 0 Å². The van der Waals surface area contributed by atoms with Crippen molar-refractivity contribution in [3.63, 3.8) is 0 Å². The molecule has 5 nitrogen and oxygen atoms in total. The molecular weight excluding hydrogens is 488 g/mol. The first-order valence-corrected chi connectivity index (χ1v) is 12.2. The van der Waals surface area contributed by atoms with Crippen LogP contribution in [0.1, 0.15) is 29.5 Å². The number of sulfonamides is 1. The summed E-state index contributed by atoms with van der Waals surface area (Å²) in [5, 5.41) is 3.33. The Morgan fingerprint density at radius 2 is 1.78 bits per heavy atom. The van der Waals surface area contributed by atoms with E-state index in [9.17, 15) is 26.4 Å². The van der Waals surface area contributed by atoms with E-state index in [2.05, 4.69) is 5.32 Å². The molecule has 0 atom stereocenters. The van der Waals surface area contributed by atoms with Crippen molar-refractivity contribution in [2.45, 2.75) is 31.3 Å². The number of carbonyl (C=O) groups excluding carboxylic acids is 1. The van der Waals surface area contributed by atoms with Gasteiger partial charge in [0.05, 0.1) is 11.3 Å². The second-order valence-corrected chi connectivity index (χ2v) is 10.4. The van der Waals surface area contributed by atoms with E-state index in [1.807, 2.05) is 0 Å². The van der Waals surface area contributed by atoms with Gasteiger partial charge in [0.2, 0.25) is 15.9 Å². The minimum Gasteiger partial charge on any atom is -0.352 e. The molecular formula is C21H21Cl2F3N2O3S. The van der Waals surface area contributed by atoms with Gasteiger partial charge in [-0.1, -0.05) is 41.4 Å². The first kappa shape index (κ1) is 24.8. The van der Waals surface area contributed by atoms with Crippen LogP contribution in [0.4, 0.5) is 13.2 Å². The van der Waals surface area contributed by atoms with E-state index in [1.54, 1.807) is 12.1 Å². The number of piperidine rings is 1. The summed E-state index contributed by atoms with van der Waals surface area (Å²) in [5.41, 5.74) is 0.00797. The molecule has 0 aliphatic carbocycles. The van der Waals surface area contributed by atoms with E-state index >= 15 is 0 Å². The highest BCUT2D eigenvalue weighted by Crippen LogP contribution is 2.30. The number of rotatable bonds is 6. The molecule has 0 saturated carbocycles. The number of nitrogens with one attached hydrogen (secondary N) is 1. The molecule has 1 amide bonds. The number of carbonyl (C=O) groups is 1. The molecule has 1 fully saturated rings. The van der Waals surface area contributed by atoms with E-state index < -0.39 is 27.7 Å². The van der Waals surface area contributed by atoms with Gasteiger partial charge in [-0.25, -0.2) is 12.7 Å². The Balaban J connectivity index is 1.53. The predicted octanol–water partition coefficient (Wildman–Crippen LogP) is 4.87. The van der Waals surface area contributed by atoms with Gasteiger partial charge in [0.15, 0.2) is 0 Å². The van der Waals surface area contributed by atoms with Crippen LogP contribution in [0.2, 0.25) is 10.0 Å². The molecule has 2 aromatic rings. The largest absolute Gasteiger partial charge is 0.416 e. The molecule has 1 aliphatic heterocycles. The fourth-order valence-electron chi connectivity index (χ4n) is 3.51. The molecule has 0 spiro atoms. The third kappa shape index (κ3) is 6.37. The minimum atomic E-state index is -4.45. The Labute approximate surface area is 194 Å². The van der Waals surface area contributed by atoms with E-state index in [0.29, 0.717) is 29.0 Å². The van der Waals surface area contributed by atoms with Crippen LogP contribution >= 0.6 is 23.2 Å². The molecule has 0 aromatic heterocycles. The Morgan fingerprint density at radius 3 is 2.41 bits per heavy atom. The fourth-order valence-corrected chi connectivity index (χ4v) is 5.66. The maximum Gasteiger partial charge on any atom is 0.416 e. The number of alkyl halides is 3. The van der Waals surface area contributed by atoms with Crippen molar-refractivity contribution in [3.05, 3.63) is 69.2 Å². The molecule has 0 radical (unpaired) electrons. The Bertz CT molecular complexity index is 1090. The molecule has 0 unspecified atom stereocenters. The van der Waals surface area contributed by atoms with Crippen molar-refractivity contribution < 1.29 is 26.4 Å². The van der Waals surface area contributed by atoms with Crippen molar-refractivity contribution >= 4 is 39.1 Å². The van der Waals surface area contributed by atoms with Crippen molar-refractivity contribution in [2.24, 2.45) is 5.92 Å². The molecule has 11 heteroatoms. The second-order valence-electron chi connectivity index (χ2n) is 7.58. The lowest BCUT2D eigenvalue weighted by molar-refractivity contribution is -0.137. The Morgan fingerprint density at radius 1 is 1.09 bits per heavy atom. The van der Waals surface area contributed by atoms with Crippen LogP contribution in [-0.4, -0.2) is 31.7 Å². The lowest BCUT2D eigenvalue weighted by atomic mass is 9.97. The summed E-state index contributed by atoms with van der Waals surface area (Å²) in [4.78, 5) is 12.4. The maximum absolute atomic E-state index is 12.8. The highest BCUT2D eigenvalue weighted by atomic mass is 35.5. The van der Waals surface area contributed by atoms with Gasteiger partial charge in [0, 0.05) is 35.6 Å². The zero-order valence-corrected chi connectivity index (χ0v) is 19.2. The highest BCUT2D eigenvalue weighted by molar-refractivity contribution is 7.88. The van der Waals surface area contributed by atoms with Crippen LogP contribution in [0.5, 0.6) is 0 Å². The zero-order valence-electron chi connectivity index (χ0n) is 16.8. The average Bonchev–Trinajstić information content (AvgIpc) is 2.74. The second kappa shape index (κ2) is 9.99. The summed E-state index contributed by atoms with van der Waals surface area (Å²) < 4.78 is 65.2. The van der Waals surface area contributed by atoms with Crippen LogP contribution in [0, 0.1) is 5.92 Å². The van der Waals surface area contributed by atoms with Crippen LogP contribution in [-0.2, 0) is 33.3 Å². The first-order valence-electron chi connectivity index (χ1n) is 9.81. The SMILES string of the molecule is O=C(NCc1cccc(C(F)(F)F)c1)C1CCN(S(=O)(=O)Cc2ccc(Cl)cc2Cl)CC1. The van der Waals surface area contributed by atoms with Gasteiger partial charge in [-0.05, 0) is 48.2 Å². The lowest BCUT2D eigenvalue weighted by Gasteiger charge is -2.30. The zero-order chi connectivity index (χ0) is 23.5. The number of amides is 1. The van der Waals surface area contributed by atoms with Gasteiger partial charge in [-0.2, -0.15) is 13.2 Å².